The van der Waals surface area contributed by atoms with Gasteiger partial charge >= 0.3 is 0 Å². The van der Waals surface area contributed by atoms with E-state index in [1.54, 1.807) is 0 Å². The highest BCUT2D eigenvalue weighted by Crippen LogP contribution is 2.41. The number of rotatable bonds is 4. The van der Waals surface area contributed by atoms with E-state index in [9.17, 15) is 4.79 Å². The standard InChI is InChI=1S/C19H35N3O.2ClH/c1-13-6-3-4-9-22(13)14(2)12-21-19(23)17-10-15-7-5-8-16(11-17)18(15)20;;/h13-18H,3-12,20H2,1-2H3,(H,21,23);2*1H. The minimum atomic E-state index is 0. The van der Waals surface area contributed by atoms with Crippen LogP contribution in [0.5, 0.6) is 0 Å². The molecule has 0 radical (unpaired) electrons. The predicted molar refractivity (Wildman–Crippen MR) is 109 cm³/mol. The lowest BCUT2D eigenvalue weighted by atomic mass is 9.65. The summed E-state index contributed by atoms with van der Waals surface area (Å²) >= 11 is 0. The van der Waals surface area contributed by atoms with Crippen molar-refractivity contribution < 1.29 is 4.79 Å². The molecular formula is C19H37Cl2N3O. The molecule has 0 aromatic carbocycles. The first kappa shape index (κ1) is 23.0. The Kier molecular flexibility index (Phi) is 9.52. The van der Waals surface area contributed by atoms with E-state index in [4.69, 9.17) is 5.73 Å². The molecule has 3 fully saturated rings. The van der Waals surface area contributed by atoms with Gasteiger partial charge in [-0.3, -0.25) is 9.69 Å². The summed E-state index contributed by atoms with van der Waals surface area (Å²) in [6.45, 7) is 6.55. The Hall–Kier alpha value is -0.0300. The third kappa shape index (κ3) is 5.47. The second-order valence-electron chi connectivity index (χ2n) is 8.37. The lowest BCUT2D eigenvalue weighted by Crippen LogP contribution is -2.51. The summed E-state index contributed by atoms with van der Waals surface area (Å²) in [4.78, 5) is 15.2. The zero-order valence-electron chi connectivity index (χ0n) is 15.8. The number of nitrogens with two attached hydrogens (primary N) is 1. The number of nitrogens with zero attached hydrogens (tertiary/aromatic N) is 1. The first-order chi connectivity index (χ1) is 11.1. The first-order valence-corrected chi connectivity index (χ1v) is 9.85. The van der Waals surface area contributed by atoms with Gasteiger partial charge < -0.3 is 11.1 Å². The SMILES string of the molecule is CC1CCCCN1C(C)CNC(=O)C1CC2CCCC(C1)C2N.Cl.Cl. The molecule has 2 bridgehead atoms. The van der Waals surface area contributed by atoms with E-state index in [-0.39, 0.29) is 36.6 Å². The maximum atomic E-state index is 12.6. The molecule has 4 nitrogen and oxygen atoms in total. The maximum Gasteiger partial charge on any atom is 0.223 e. The molecule has 25 heavy (non-hydrogen) atoms. The van der Waals surface area contributed by atoms with Crippen LogP contribution < -0.4 is 11.1 Å². The van der Waals surface area contributed by atoms with Gasteiger partial charge in [-0.05, 0) is 70.8 Å². The van der Waals surface area contributed by atoms with Crippen LogP contribution in [0.1, 0.15) is 65.2 Å². The van der Waals surface area contributed by atoms with Crippen LogP contribution in [0.15, 0.2) is 0 Å². The zero-order valence-corrected chi connectivity index (χ0v) is 17.4. The van der Waals surface area contributed by atoms with Crippen LogP contribution in [-0.2, 0) is 4.79 Å². The lowest BCUT2D eigenvalue weighted by molar-refractivity contribution is -0.128. The normalized spacial score (nSPS) is 36.5. The fourth-order valence-electron chi connectivity index (χ4n) is 5.29. The van der Waals surface area contributed by atoms with E-state index in [2.05, 4.69) is 24.1 Å². The monoisotopic (exact) mass is 393 g/mol. The maximum absolute atomic E-state index is 12.6. The Balaban J connectivity index is 0.00000156. The van der Waals surface area contributed by atoms with Crippen molar-refractivity contribution in [1.29, 1.82) is 0 Å². The second-order valence-corrected chi connectivity index (χ2v) is 8.37. The number of fused-ring (bicyclic) bond motifs is 2. The Morgan fingerprint density at radius 1 is 1.12 bits per heavy atom. The molecule has 3 N–H and O–H groups in total. The van der Waals surface area contributed by atoms with Gasteiger partial charge in [0.1, 0.15) is 0 Å². The summed E-state index contributed by atoms with van der Waals surface area (Å²) < 4.78 is 0. The van der Waals surface area contributed by atoms with Gasteiger partial charge in [0.15, 0.2) is 0 Å². The van der Waals surface area contributed by atoms with E-state index in [1.165, 1.54) is 45.1 Å². The predicted octanol–water partition coefficient (Wildman–Crippen LogP) is 3.36. The molecule has 2 aliphatic carbocycles. The number of amides is 1. The van der Waals surface area contributed by atoms with Crippen LogP contribution in [0.4, 0.5) is 0 Å². The average Bonchev–Trinajstić information content (AvgIpc) is 2.52. The van der Waals surface area contributed by atoms with E-state index in [0.717, 1.165) is 19.4 Å². The van der Waals surface area contributed by atoms with Crippen molar-refractivity contribution in [2.45, 2.75) is 83.3 Å². The van der Waals surface area contributed by atoms with Crippen molar-refractivity contribution in [2.75, 3.05) is 13.1 Å². The zero-order chi connectivity index (χ0) is 16.4. The summed E-state index contributed by atoms with van der Waals surface area (Å²) in [6.07, 6.45) is 9.72. The van der Waals surface area contributed by atoms with Gasteiger partial charge in [0, 0.05) is 30.6 Å². The minimum Gasteiger partial charge on any atom is -0.354 e. The molecule has 1 saturated heterocycles. The number of likely N-dealkylation sites (tertiary alicyclic amines) is 1. The number of hydrogen-bond donors (Lipinski definition) is 2. The van der Waals surface area contributed by atoms with Gasteiger partial charge in [-0.2, -0.15) is 0 Å². The quantitative estimate of drug-likeness (QED) is 0.769. The number of piperidine rings is 1. The molecule has 2 saturated carbocycles. The molecule has 3 aliphatic rings. The molecule has 148 valence electrons. The molecule has 1 amide bonds. The highest BCUT2D eigenvalue weighted by molar-refractivity contribution is 5.85. The summed E-state index contributed by atoms with van der Waals surface area (Å²) in [6, 6.07) is 1.45. The molecule has 0 spiro atoms. The third-order valence-electron chi connectivity index (χ3n) is 6.78. The highest BCUT2D eigenvalue weighted by Gasteiger charge is 2.40. The molecule has 3 rings (SSSR count). The van der Waals surface area contributed by atoms with E-state index in [0.29, 0.717) is 30.0 Å². The molecule has 1 heterocycles. The molecule has 0 aromatic heterocycles. The molecule has 1 aliphatic heterocycles. The van der Waals surface area contributed by atoms with Crippen LogP contribution >= 0.6 is 24.8 Å². The van der Waals surface area contributed by atoms with Gasteiger partial charge in [0.25, 0.3) is 0 Å². The van der Waals surface area contributed by atoms with Crippen molar-refractivity contribution in [2.24, 2.45) is 23.5 Å². The van der Waals surface area contributed by atoms with Crippen molar-refractivity contribution in [3.05, 3.63) is 0 Å². The van der Waals surface area contributed by atoms with Gasteiger partial charge in [-0.1, -0.05) is 12.8 Å². The minimum absolute atomic E-state index is 0. The Labute approximate surface area is 165 Å². The number of halogens is 2. The lowest BCUT2D eigenvalue weighted by Gasteiger charge is -2.43. The summed E-state index contributed by atoms with van der Waals surface area (Å²) in [5.41, 5.74) is 6.34. The summed E-state index contributed by atoms with van der Waals surface area (Å²) in [5, 5.41) is 3.25. The van der Waals surface area contributed by atoms with Gasteiger partial charge in [0.2, 0.25) is 5.91 Å². The number of nitrogens with one attached hydrogen (secondary N) is 1. The van der Waals surface area contributed by atoms with Gasteiger partial charge in [-0.15, -0.1) is 24.8 Å². The van der Waals surface area contributed by atoms with Crippen molar-refractivity contribution in [3.63, 3.8) is 0 Å². The molecule has 4 atom stereocenters. The van der Waals surface area contributed by atoms with Crippen LogP contribution in [0.2, 0.25) is 0 Å². The Morgan fingerprint density at radius 2 is 1.76 bits per heavy atom. The van der Waals surface area contributed by atoms with E-state index in [1.807, 2.05) is 0 Å². The highest BCUT2D eigenvalue weighted by atomic mass is 35.5. The topological polar surface area (TPSA) is 58.4 Å². The van der Waals surface area contributed by atoms with Crippen molar-refractivity contribution >= 4 is 30.7 Å². The van der Waals surface area contributed by atoms with E-state index >= 15 is 0 Å². The van der Waals surface area contributed by atoms with E-state index < -0.39 is 0 Å². The van der Waals surface area contributed by atoms with Gasteiger partial charge in [-0.25, -0.2) is 0 Å². The molecule has 4 unspecified atom stereocenters. The van der Waals surface area contributed by atoms with Crippen LogP contribution in [-0.4, -0.2) is 42.0 Å². The number of hydrogen-bond acceptors (Lipinski definition) is 3. The van der Waals surface area contributed by atoms with Crippen LogP contribution in [0.3, 0.4) is 0 Å². The Morgan fingerprint density at radius 3 is 2.36 bits per heavy atom. The number of carbonyl (C=O) groups is 1. The molecule has 6 heteroatoms. The van der Waals surface area contributed by atoms with Crippen LogP contribution in [0, 0.1) is 17.8 Å². The molecular weight excluding hydrogens is 357 g/mol. The smallest absolute Gasteiger partial charge is 0.223 e. The summed E-state index contributed by atoms with van der Waals surface area (Å²) in [7, 11) is 0. The first-order valence-electron chi connectivity index (χ1n) is 9.85. The molecule has 0 aromatic rings. The van der Waals surface area contributed by atoms with Crippen molar-refractivity contribution in [3.8, 4) is 0 Å². The second kappa shape index (κ2) is 10.3. The fraction of sp³-hybridized carbons (Fsp3) is 0.947. The average molecular weight is 394 g/mol. The largest absolute Gasteiger partial charge is 0.354 e. The van der Waals surface area contributed by atoms with Crippen LogP contribution in [0.25, 0.3) is 0 Å². The Bertz CT molecular complexity index is 409. The third-order valence-corrected chi connectivity index (χ3v) is 6.78. The van der Waals surface area contributed by atoms with Crippen molar-refractivity contribution in [1.82, 2.24) is 10.2 Å². The number of carbonyl (C=O) groups excluding carboxylic acids is 1. The fourth-order valence-corrected chi connectivity index (χ4v) is 5.29. The summed E-state index contributed by atoms with van der Waals surface area (Å²) in [5.74, 6) is 1.65. The van der Waals surface area contributed by atoms with Gasteiger partial charge in [0.05, 0.1) is 0 Å².